The summed E-state index contributed by atoms with van der Waals surface area (Å²) in [4.78, 5) is 28.0. The fraction of sp³-hybridized carbons (Fsp3) is 0.304. The van der Waals surface area contributed by atoms with E-state index in [-0.39, 0.29) is 41.4 Å². The molecule has 1 unspecified atom stereocenters. The number of benzene rings is 2. The first-order valence-electron chi connectivity index (χ1n) is 9.82. The number of nitrogens with zero attached hydrogens (tertiary/aromatic N) is 1. The lowest BCUT2D eigenvalue weighted by atomic mass is 9.97. The van der Waals surface area contributed by atoms with Gasteiger partial charge in [-0.15, -0.1) is 0 Å². The van der Waals surface area contributed by atoms with Gasteiger partial charge in [-0.25, -0.2) is 0 Å². The number of ether oxygens (including phenoxy) is 1. The fourth-order valence-corrected chi connectivity index (χ4v) is 4.13. The predicted molar refractivity (Wildman–Crippen MR) is 111 cm³/mol. The topological polar surface area (TPSA) is 100 Å². The van der Waals surface area contributed by atoms with Gasteiger partial charge in [-0.2, -0.15) is 0 Å². The van der Waals surface area contributed by atoms with Crippen molar-refractivity contribution in [2.75, 3.05) is 19.8 Å². The third-order valence-electron chi connectivity index (χ3n) is 5.34. The Hall–Kier alpha value is -3.32. The van der Waals surface area contributed by atoms with E-state index in [0.29, 0.717) is 23.1 Å². The number of β-amino-alcohol motifs (C(OH)–C–C–N with tert-alkyl or cyclic N) is 1. The second kappa shape index (κ2) is 7.50. The minimum Gasteiger partial charge on any atom is -0.504 e. The number of hydrogen-bond donors (Lipinski definition) is 2. The van der Waals surface area contributed by atoms with Crippen molar-refractivity contribution < 1.29 is 24.2 Å². The lowest BCUT2D eigenvalue weighted by Gasteiger charge is -2.24. The molecule has 0 spiro atoms. The van der Waals surface area contributed by atoms with Crippen molar-refractivity contribution in [1.82, 2.24) is 4.90 Å². The van der Waals surface area contributed by atoms with Crippen LogP contribution in [0.15, 0.2) is 39.5 Å². The lowest BCUT2D eigenvalue weighted by molar-refractivity contribution is 0.0691. The van der Waals surface area contributed by atoms with Crippen molar-refractivity contribution in [3.05, 3.63) is 68.6 Å². The van der Waals surface area contributed by atoms with Gasteiger partial charge < -0.3 is 24.3 Å². The van der Waals surface area contributed by atoms with E-state index < -0.39 is 11.9 Å². The molecule has 7 heteroatoms. The van der Waals surface area contributed by atoms with E-state index in [1.54, 1.807) is 25.1 Å². The molecule has 0 saturated carbocycles. The Kier molecular flexibility index (Phi) is 4.99. The van der Waals surface area contributed by atoms with Crippen LogP contribution in [-0.2, 0) is 0 Å². The molecule has 1 aliphatic heterocycles. The molecule has 0 radical (unpaired) electrons. The zero-order chi connectivity index (χ0) is 21.6. The van der Waals surface area contributed by atoms with Gasteiger partial charge in [0.1, 0.15) is 5.58 Å². The molecule has 2 heterocycles. The van der Waals surface area contributed by atoms with Gasteiger partial charge in [0.2, 0.25) is 5.76 Å². The van der Waals surface area contributed by atoms with Crippen LogP contribution in [0.3, 0.4) is 0 Å². The molecule has 156 valence electrons. The van der Waals surface area contributed by atoms with Crippen LogP contribution in [-0.4, -0.2) is 40.8 Å². The van der Waals surface area contributed by atoms with Crippen LogP contribution < -0.4 is 10.2 Å². The molecule has 1 aliphatic rings. The Morgan fingerprint density at radius 3 is 2.63 bits per heavy atom. The summed E-state index contributed by atoms with van der Waals surface area (Å²) in [6.45, 7) is 5.65. The van der Waals surface area contributed by atoms with Crippen molar-refractivity contribution in [2.45, 2.75) is 26.8 Å². The van der Waals surface area contributed by atoms with E-state index in [0.717, 1.165) is 11.1 Å². The number of carbonyl (C=O) groups is 1. The Morgan fingerprint density at radius 2 is 1.93 bits per heavy atom. The summed E-state index contributed by atoms with van der Waals surface area (Å²) >= 11 is 0. The van der Waals surface area contributed by atoms with Crippen molar-refractivity contribution in [1.29, 1.82) is 0 Å². The molecular formula is C23H23NO6. The molecule has 0 aliphatic carbocycles. The molecule has 2 aromatic carbocycles. The normalized spacial score (nSPS) is 15.7. The second-order valence-corrected chi connectivity index (χ2v) is 7.42. The Bertz CT molecular complexity index is 1210. The van der Waals surface area contributed by atoms with Crippen LogP contribution in [0.5, 0.6) is 11.5 Å². The number of aryl methyl sites for hydroxylation is 2. The highest BCUT2D eigenvalue weighted by atomic mass is 16.5. The van der Waals surface area contributed by atoms with Gasteiger partial charge in [0.25, 0.3) is 5.91 Å². The van der Waals surface area contributed by atoms with Crippen LogP contribution in [0.25, 0.3) is 11.0 Å². The summed E-state index contributed by atoms with van der Waals surface area (Å²) in [7, 11) is 0. The number of fused-ring (bicyclic) bond motifs is 2. The smallest absolute Gasteiger partial charge is 0.290 e. The molecule has 7 nitrogen and oxygen atoms in total. The molecule has 3 aromatic rings. The number of aliphatic hydroxyl groups excluding tert-OH is 1. The number of phenols is 1. The summed E-state index contributed by atoms with van der Waals surface area (Å²) in [5, 5.41) is 20.0. The molecule has 2 N–H and O–H groups in total. The number of carbonyl (C=O) groups excluding carboxylic acids is 1. The van der Waals surface area contributed by atoms with E-state index >= 15 is 0 Å². The number of aliphatic hydroxyl groups is 1. The fourth-order valence-electron chi connectivity index (χ4n) is 4.13. The minimum atomic E-state index is -0.749. The Labute approximate surface area is 173 Å². The maximum Gasteiger partial charge on any atom is 0.290 e. The predicted octanol–water partition coefficient (Wildman–Crippen LogP) is 3.05. The first-order chi connectivity index (χ1) is 14.4. The maximum atomic E-state index is 13.5. The number of phenolic OH excluding ortho intramolecular Hbond substituents is 1. The number of rotatable bonds is 5. The average molecular weight is 409 g/mol. The number of hydrogen-bond acceptors (Lipinski definition) is 6. The summed E-state index contributed by atoms with van der Waals surface area (Å²) in [6.07, 6.45) is 0. The van der Waals surface area contributed by atoms with E-state index in [1.807, 2.05) is 19.9 Å². The lowest BCUT2D eigenvalue weighted by Crippen LogP contribution is -2.32. The third kappa shape index (κ3) is 3.02. The van der Waals surface area contributed by atoms with Crippen LogP contribution in [0.2, 0.25) is 0 Å². The molecule has 30 heavy (non-hydrogen) atoms. The van der Waals surface area contributed by atoms with Crippen molar-refractivity contribution in [2.24, 2.45) is 0 Å². The molecule has 0 bridgehead atoms. The molecule has 1 amide bonds. The molecule has 1 atom stereocenters. The zero-order valence-electron chi connectivity index (χ0n) is 17.1. The van der Waals surface area contributed by atoms with Crippen LogP contribution in [0.4, 0.5) is 0 Å². The van der Waals surface area contributed by atoms with E-state index in [2.05, 4.69) is 0 Å². The SMILES string of the molecule is CCOc1cc(C2c3c(oc4c(C)cc(C)cc4c3=O)C(=O)N2CCO)ccc1O. The molecule has 0 fully saturated rings. The largest absolute Gasteiger partial charge is 0.504 e. The molecule has 4 rings (SSSR count). The van der Waals surface area contributed by atoms with Gasteiger partial charge >= 0.3 is 0 Å². The molecule has 0 saturated heterocycles. The molecular weight excluding hydrogens is 386 g/mol. The highest BCUT2D eigenvalue weighted by molar-refractivity contribution is 5.99. The van der Waals surface area contributed by atoms with Crippen molar-refractivity contribution in [3.8, 4) is 11.5 Å². The monoisotopic (exact) mass is 409 g/mol. The van der Waals surface area contributed by atoms with Gasteiger partial charge in [-0.3, -0.25) is 9.59 Å². The quantitative estimate of drug-likeness (QED) is 0.672. The summed E-state index contributed by atoms with van der Waals surface area (Å²) in [5.74, 6) is -0.231. The summed E-state index contributed by atoms with van der Waals surface area (Å²) < 4.78 is 11.4. The average Bonchev–Trinajstić information content (AvgIpc) is 2.98. The minimum absolute atomic E-state index is 0.0102. The van der Waals surface area contributed by atoms with Crippen molar-refractivity contribution >= 4 is 16.9 Å². The van der Waals surface area contributed by atoms with E-state index in [4.69, 9.17) is 9.15 Å². The van der Waals surface area contributed by atoms with E-state index in [1.165, 1.54) is 11.0 Å². The Morgan fingerprint density at radius 1 is 1.17 bits per heavy atom. The first-order valence-corrected chi connectivity index (χ1v) is 9.82. The molecule has 1 aromatic heterocycles. The maximum absolute atomic E-state index is 13.5. The second-order valence-electron chi connectivity index (χ2n) is 7.42. The summed E-state index contributed by atoms with van der Waals surface area (Å²) in [6, 6.07) is 7.63. The van der Waals surface area contributed by atoms with E-state index in [9.17, 15) is 19.8 Å². The number of aromatic hydroxyl groups is 1. The number of amides is 1. The van der Waals surface area contributed by atoms with Gasteiger partial charge in [-0.05, 0) is 55.7 Å². The van der Waals surface area contributed by atoms with Gasteiger partial charge in [0.05, 0.1) is 30.2 Å². The van der Waals surface area contributed by atoms with Gasteiger partial charge in [0, 0.05) is 6.54 Å². The highest BCUT2D eigenvalue weighted by Crippen LogP contribution is 2.40. The van der Waals surface area contributed by atoms with Crippen LogP contribution >= 0.6 is 0 Å². The highest BCUT2D eigenvalue weighted by Gasteiger charge is 2.42. The van der Waals surface area contributed by atoms with Crippen LogP contribution in [0.1, 0.15) is 45.8 Å². The Balaban J connectivity index is 2.00. The summed E-state index contributed by atoms with van der Waals surface area (Å²) in [5.41, 5.74) is 2.64. The van der Waals surface area contributed by atoms with Crippen LogP contribution in [0, 0.1) is 13.8 Å². The standard InChI is InChI=1S/C23H23NO6/c1-4-29-17-11-14(5-6-16(17)26)19-18-20(27)15-10-12(2)9-13(3)21(15)30-22(18)23(28)24(19)7-8-25/h5-6,9-11,19,25-26H,4,7-8H2,1-3H3. The van der Waals surface area contributed by atoms with Crippen molar-refractivity contribution in [3.63, 3.8) is 0 Å². The first kappa shape index (κ1) is 20.0. The zero-order valence-corrected chi connectivity index (χ0v) is 17.1. The van der Waals surface area contributed by atoms with Gasteiger partial charge in [-0.1, -0.05) is 12.1 Å². The van der Waals surface area contributed by atoms with Gasteiger partial charge in [0.15, 0.2) is 16.9 Å². The third-order valence-corrected chi connectivity index (χ3v) is 5.34.